The second-order valence-corrected chi connectivity index (χ2v) is 5.46. The van der Waals surface area contributed by atoms with Crippen molar-refractivity contribution in [2.24, 2.45) is 5.92 Å². The van der Waals surface area contributed by atoms with Crippen molar-refractivity contribution in [1.29, 1.82) is 0 Å². The fraction of sp³-hybridized carbons (Fsp3) is 0.562. The third-order valence-electron chi connectivity index (χ3n) is 3.68. The van der Waals surface area contributed by atoms with Gasteiger partial charge < -0.3 is 10.0 Å². The predicted molar refractivity (Wildman–Crippen MR) is 78.4 cm³/mol. The molecule has 3 nitrogen and oxygen atoms in total. The standard InChI is InChI=1S/C9H10O2.C7H15N/c1-7(9(10)11)8-5-3-2-4-6-8;1-7-3-5-8(2)6-4-7/h2-7H,1H3,(H,10,11);7H,3-6H2,1-2H3. The molecule has 1 atom stereocenters. The first-order valence-electron chi connectivity index (χ1n) is 6.97. The normalized spacial score (nSPS) is 18.3. The summed E-state index contributed by atoms with van der Waals surface area (Å²) < 4.78 is 0. The number of piperidine rings is 1. The molecule has 1 aliphatic rings. The fourth-order valence-electron chi connectivity index (χ4n) is 2.02. The molecule has 1 N–H and O–H groups in total. The number of carbonyl (C=O) groups is 1. The van der Waals surface area contributed by atoms with Crippen molar-refractivity contribution in [3.8, 4) is 0 Å². The number of nitrogens with zero attached hydrogens (tertiary/aromatic N) is 1. The van der Waals surface area contributed by atoms with Gasteiger partial charge >= 0.3 is 5.97 Å². The van der Waals surface area contributed by atoms with Crippen LogP contribution in [0.1, 0.15) is 38.2 Å². The summed E-state index contributed by atoms with van der Waals surface area (Å²) in [5.41, 5.74) is 0.847. The van der Waals surface area contributed by atoms with Crippen molar-refractivity contribution in [3.05, 3.63) is 35.9 Å². The zero-order valence-corrected chi connectivity index (χ0v) is 12.2. The van der Waals surface area contributed by atoms with Crippen LogP contribution in [0.4, 0.5) is 0 Å². The fourth-order valence-corrected chi connectivity index (χ4v) is 2.02. The first-order valence-corrected chi connectivity index (χ1v) is 6.97. The molecular weight excluding hydrogens is 238 g/mol. The minimum atomic E-state index is -0.781. The van der Waals surface area contributed by atoms with Crippen LogP contribution < -0.4 is 0 Å². The first kappa shape index (κ1) is 15.7. The Labute approximate surface area is 116 Å². The van der Waals surface area contributed by atoms with E-state index in [0.717, 1.165) is 11.5 Å². The Bertz CT molecular complexity index is 360. The zero-order chi connectivity index (χ0) is 14.3. The average Bonchev–Trinajstić information content (AvgIpc) is 2.43. The smallest absolute Gasteiger partial charge is 0.310 e. The van der Waals surface area contributed by atoms with Crippen LogP contribution in [0.5, 0.6) is 0 Å². The molecule has 0 amide bonds. The molecule has 0 aromatic heterocycles. The van der Waals surface area contributed by atoms with Crippen LogP contribution in [0.2, 0.25) is 0 Å². The third-order valence-corrected chi connectivity index (χ3v) is 3.68. The molecule has 0 bridgehead atoms. The molecule has 0 spiro atoms. The maximum atomic E-state index is 10.5. The highest BCUT2D eigenvalue weighted by Gasteiger charge is 2.12. The maximum Gasteiger partial charge on any atom is 0.310 e. The van der Waals surface area contributed by atoms with Crippen molar-refractivity contribution in [3.63, 3.8) is 0 Å². The molecule has 0 aliphatic carbocycles. The van der Waals surface area contributed by atoms with Gasteiger partial charge in [-0.05, 0) is 51.4 Å². The number of carboxylic acids is 1. The van der Waals surface area contributed by atoms with E-state index in [9.17, 15) is 4.79 Å². The van der Waals surface area contributed by atoms with Crippen molar-refractivity contribution in [2.45, 2.75) is 32.6 Å². The van der Waals surface area contributed by atoms with E-state index in [2.05, 4.69) is 18.9 Å². The van der Waals surface area contributed by atoms with E-state index < -0.39 is 11.9 Å². The van der Waals surface area contributed by atoms with E-state index in [0.29, 0.717) is 0 Å². The van der Waals surface area contributed by atoms with Gasteiger partial charge in [0.15, 0.2) is 0 Å². The average molecular weight is 263 g/mol. The Kier molecular flexibility index (Phi) is 6.57. The molecule has 1 heterocycles. The lowest BCUT2D eigenvalue weighted by molar-refractivity contribution is -0.138. The summed E-state index contributed by atoms with van der Waals surface area (Å²) in [5, 5.41) is 8.64. The summed E-state index contributed by atoms with van der Waals surface area (Å²) in [6.07, 6.45) is 2.80. The lowest BCUT2D eigenvalue weighted by Crippen LogP contribution is -2.28. The molecule has 19 heavy (non-hydrogen) atoms. The lowest BCUT2D eigenvalue weighted by Gasteiger charge is -2.26. The summed E-state index contributed by atoms with van der Waals surface area (Å²) in [6, 6.07) is 9.19. The van der Waals surface area contributed by atoms with Gasteiger partial charge in [-0.3, -0.25) is 4.79 Å². The van der Waals surface area contributed by atoms with Gasteiger partial charge in [-0.15, -0.1) is 0 Å². The minimum Gasteiger partial charge on any atom is -0.481 e. The topological polar surface area (TPSA) is 40.5 Å². The Morgan fingerprint density at radius 3 is 2.21 bits per heavy atom. The molecule has 1 fully saturated rings. The van der Waals surface area contributed by atoms with Gasteiger partial charge in [0, 0.05) is 0 Å². The lowest BCUT2D eigenvalue weighted by atomic mass is 10.00. The van der Waals surface area contributed by atoms with E-state index in [4.69, 9.17) is 5.11 Å². The largest absolute Gasteiger partial charge is 0.481 e. The van der Waals surface area contributed by atoms with Crippen LogP contribution in [0.25, 0.3) is 0 Å². The molecular formula is C16H25NO2. The molecule has 0 radical (unpaired) electrons. The Morgan fingerprint density at radius 1 is 1.26 bits per heavy atom. The molecule has 1 saturated heterocycles. The predicted octanol–water partition coefficient (Wildman–Crippen LogP) is 3.22. The number of rotatable bonds is 2. The van der Waals surface area contributed by atoms with Gasteiger partial charge in [0.1, 0.15) is 0 Å². The van der Waals surface area contributed by atoms with Gasteiger partial charge in [0.05, 0.1) is 5.92 Å². The van der Waals surface area contributed by atoms with Gasteiger partial charge in [-0.25, -0.2) is 0 Å². The van der Waals surface area contributed by atoms with Gasteiger partial charge in [-0.1, -0.05) is 37.3 Å². The number of hydrogen-bond acceptors (Lipinski definition) is 2. The van der Waals surface area contributed by atoms with Crippen LogP contribution in [0.3, 0.4) is 0 Å². The summed E-state index contributed by atoms with van der Waals surface area (Å²) in [4.78, 5) is 12.9. The van der Waals surface area contributed by atoms with E-state index in [1.165, 1.54) is 25.9 Å². The summed E-state index contributed by atoms with van der Waals surface area (Å²) in [6.45, 7) is 6.63. The Morgan fingerprint density at radius 2 is 1.79 bits per heavy atom. The van der Waals surface area contributed by atoms with Crippen LogP contribution >= 0.6 is 0 Å². The highest BCUT2D eigenvalue weighted by atomic mass is 16.4. The van der Waals surface area contributed by atoms with Crippen LogP contribution in [-0.2, 0) is 4.79 Å². The molecule has 1 aromatic carbocycles. The second kappa shape index (κ2) is 7.95. The molecule has 0 saturated carbocycles. The Hall–Kier alpha value is -1.35. The molecule has 2 rings (SSSR count). The molecule has 106 valence electrons. The summed E-state index contributed by atoms with van der Waals surface area (Å²) >= 11 is 0. The van der Waals surface area contributed by atoms with E-state index in [1.807, 2.05) is 30.3 Å². The number of benzene rings is 1. The highest BCUT2D eigenvalue weighted by molar-refractivity contribution is 5.75. The van der Waals surface area contributed by atoms with Crippen molar-refractivity contribution in [1.82, 2.24) is 4.90 Å². The second-order valence-electron chi connectivity index (χ2n) is 5.46. The monoisotopic (exact) mass is 263 g/mol. The molecule has 1 aromatic rings. The first-order chi connectivity index (χ1) is 9.00. The van der Waals surface area contributed by atoms with Gasteiger partial charge in [0.25, 0.3) is 0 Å². The van der Waals surface area contributed by atoms with E-state index in [1.54, 1.807) is 6.92 Å². The van der Waals surface area contributed by atoms with Crippen molar-refractivity contribution in [2.75, 3.05) is 20.1 Å². The number of likely N-dealkylation sites (tertiary alicyclic amines) is 1. The van der Waals surface area contributed by atoms with Crippen LogP contribution in [0, 0.1) is 5.92 Å². The molecule has 1 aliphatic heterocycles. The molecule has 3 heteroatoms. The van der Waals surface area contributed by atoms with Crippen LogP contribution in [-0.4, -0.2) is 36.1 Å². The summed E-state index contributed by atoms with van der Waals surface area (Å²) in [5.74, 6) is -0.210. The molecule has 1 unspecified atom stereocenters. The van der Waals surface area contributed by atoms with Crippen LogP contribution in [0.15, 0.2) is 30.3 Å². The van der Waals surface area contributed by atoms with E-state index in [-0.39, 0.29) is 0 Å². The summed E-state index contributed by atoms with van der Waals surface area (Å²) in [7, 11) is 2.20. The van der Waals surface area contributed by atoms with E-state index >= 15 is 0 Å². The number of hydrogen-bond donors (Lipinski definition) is 1. The Balaban J connectivity index is 0.000000200. The quantitative estimate of drug-likeness (QED) is 0.890. The zero-order valence-electron chi connectivity index (χ0n) is 12.2. The number of carboxylic acid groups (broad SMARTS) is 1. The van der Waals surface area contributed by atoms with Gasteiger partial charge in [-0.2, -0.15) is 0 Å². The van der Waals surface area contributed by atoms with Crippen molar-refractivity contribution < 1.29 is 9.90 Å². The van der Waals surface area contributed by atoms with Gasteiger partial charge in [0.2, 0.25) is 0 Å². The SMILES string of the molecule is CC(C(=O)O)c1ccccc1.CC1CCN(C)CC1. The maximum absolute atomic E-state index is 10.5. The minimum absolute atomic E-state index is 0.406. The third kappa shape index (κ3) is 5.88. The highest BCUT2D eigenvalue weighted by Crippen LogP contribution is 2.14. The number of aliphatic carboxylic acids is 1. The van der Waals surface area contributed by atoms with Crippen molar-refractivity contribution >= 4 is 5.97 Å².